The average molecular weight is 322 g/mol. The standard InChI is InChI=1S/C16H22N2O3S/c1-11-9-14(12(2)21-11)16(3,20)10-18-15(19)17-7-6-13-5-4-8-22-13/h4-5,8-9,20H,6-7,10H2,1-3H3,(H2,17,18,19)/t16-/m0/s1. The van der Waals surface area contributed by atoms with E-state index in [0.29, 0.717) is 17.9 Å². The molecule has 0 bridgehead atoms. The van der Waals surface area contributed by atoms with Crippen molar-refractivity contribution in [1.29, 1.82) is 0 Å². The maximum Gasteiger partial charge on any atom is 0.314 e. The third-order valence-corrected chi connectivity index (χ3v) is 4.39. The molecule has 2 aromatic rings. The molecule has 0 aliphatic carbocycles. The Labute approximate surface area is 134 Å². The molecule has 5 nitrogen and oxygen atoms in total. The molecule has 3 N–H and O–H groups in total. The third-order valence-electron chi connectivity index (χ3n) is 3.45. The Hall–Kier alpha value is -1.79. The van der Waals surface area contributed by atoms with Crippen LogP contribution < -0.4 is 10.6 Å². The van der Waals surface area contributed by atoms with Gasteiger partial charge in [0.25, 0.3) is 0 Å². The fourth-order valence-corrected chi connectivity index (χ4v) is 3.04. The van der Waals surface area contributed by atoms with Gasteiger partial charge in [-0.15, -0.1) is 11.3 Å². The quantitative estimate of drug-likeness (QED) is 0.765. The molecule has 0 fully saturated rings. The molecule has 0 saturated carbocycles. The summed E-state index contributed by atoms with van der Waals surface area (Å²) in [4.78, 5) is 13.0. The van der Waals surface area contributed by atoms with Gasteiger partial charge in [-0.1, -0.05) is 6.07 Å². The number of nitrogens with one attached hydrogen (secondary N) is 2. The van der Waals surface area contributed by atoms with E-state index in [9.17, 15) is 9.90 Å². The smallest absolute Gasteiger partial charge is 0.314 e. The highest BCUT2D eigenvalue weighted by Gasteiger charge is 2.28. The number of amides is 2. The molecular formula is C16H22N2O3S. The van der Waals surface area contributed by atoms with Crippen LogP contribution >= 0.6 is 11.3 Å². The highest BCUT2D eigenvalue weighted by molar-refractivity contribution is 7.09. The summed E-state index contributed by atoms with van der Waals surface area (Å²) >= 11 is 1.67. The van der Waals surface area contributed by atoms with E-state index in [4.69, 9.17) is 4.42 Å². The SMILES string of the molecule is Cc1cc([C@@](C)(O)CNC(=O)NCCc2cccs2)c(C)o1. The first-order chi connectivity index (χ1) is 10.4. The summed E-state index contributed by atoms with van der Waals surface area (Å²) in [5.74, 6) is 1.41. The minimum Gasteiger partial charge on any atom is -0.466 e. The maximum atomic E-state index is 11.8. The van der Waals surface area contributed by atoms with Gasteiger partial charge in [0.1, 0.15) is 17.1 Å². The molecule has 0 aromatic carbocycles. The van der Waals surface area contributed by atoms with Crippen LogP contribution in [-0.4, -0.2) is 24.2 Å². The number of aliphatic hydroxyl groups is 1. The Bertz CT molecular complexity index is 617. The Morgan fingerprint density at radius 1 is 1.41 bits per heavy atom. The van der Waals surface area contributed by atoms with Gasteiger partial charge >= 0.3 is 6.03 Å². The number of carbonyl (C=O) groups excluding carboxylic acids is 1. The number of aryl methyl sites for hydroxylation is 2. The van der Waals surface area contributed by atoms with Gasteiger partial charge in [-0.05, 0) is 44.7 Å². The zero-order valence-electron chi connectivity index (χ0n) is 13.1. The molecule has 2 rings (SSSR count). The first-order valence-corrected chi connectivity index (χ1v) is 8.10. The molecule has 1 atom stereocenters. The van der Waals surface area contributed by atoms with E-state index in [1.807, 2.05) is 24.4 Å². The molecule has 6 heteroatoms. The number of rotatable bonds is 6. The monoisotopic (exact) mass is 322 g/mol. The van der Waals surface area contributed by atoms with Gasteiger partial charge in [0.05, 0.1) is 6.54 Å². The molecule has 0 aliphatic heterocycles. The predicted molar refractivity (Wildman–Crippen MR) is 87.2 cm³/mol. The van der Waals surface area contributed by atoms with Crippen molar-refractivity contribution in [3.63, 3.8) is 0 Å². The van der Waals surface area contributed by atoms with E-state index in [1.54, 1.807) is 31.3 Å². The number of carbonyl (C=O) groups is 1. The summed E-state index contributed by atoms with van der Waals surface area (Å²) in [6.45, 7) is 5.99. The second-order valence-electron chi connectivity index (χ2n) is 5.54. The first-order valence-electron chi connectivity index (χ1n) is 7.22. The van der Waals surface area contributed by atoms with E-state index in [0.717, 1.165) is 12.2 Å². The van der Waals surface area contributed by atoms with Crippen LogP contribution in [0.3, 0.4) is 0 Å². The lowest BCUT2D eigenvalue weighted by molar-refractivity contribution is 0.0579. The number of urea groups is 1. The molecule has 2 heterocycles. The van der Waals surface area contributed by atoms with Crippen LogP contribution in [-0.2, 0) is 12.0 Å². The number of hydrogen-bond acceptors (Lipinski definition) is 4. The van der Waals surface area contributed by atoms with Gasteiger partial charge in [-0.2, -0.15) is 0 Å². The zero-order valence-corrected chi connectivity index (χ0v) is 13.9. The lowest BCUT2D eigenvalue weighted by Gasteiger charge is -2.23. The predicted octanol–water partition coefficient (Wildman–Crippen LogP) is 2.71. The Balaban J connectivity index is 1.78. The van der Waals surface area contributed by atoms with Crippen molar-refractivity contribution >= 4 is 17.4 Å². The van der Waals surface area contributed by atoms with Crippen LogP contribution in [0, 0.1) is 13.8 Å². The van der Waals surface area contributed by atoms with Crippen molar-refractivity contribution in [3.05, 3.63) is 45.5 Å². The Morgan fingerprint density at radius 3 is 2.77 bits per heavy atom. The molecule has 2 amide bonds. The average Bonchev–Trinajstić information content (AvgIpc) is 3.06. The molecule has 0 unspecified atom stereocenters. The van der Waals surface area contributed by atoms with Crippen LogP contribution in [0.1, 0.15) is 28.9 Å². The van der Waals surface area contributed by atoms with Crippen LogP contribution in [0.5, 0.6) is 0 Å². The van der Waals surface area contributed by atoms with Crippen LogP contribution in [0.2, 0.25) is 0 Å². The lowest BCUT2D eigenvalue weighted by Crippen LogP contribution is -2.44. The van der Waals surface area contributed by atoms with E-state index in [1.165, 1.54) is 4.88 Å². The van der Waals surface area contributed by atoms with E-state index >= 15 is 0 Å². The molecule has 2 aromatic heterocycles. The van der Waals surface area contributed by atoms with Gasteiger partial charge < -0.3 is 20.2 Å². The van der Waals surface area contributed by atoms with Crippen LogP contribution in [0.15, 0.2) is 28.0 Å². The summed E-state index contributed by atoms with van der Waals surface area (Å²) in [6.07, 6.45) is 0.807. The van der Waals surface area contributed by atoms with Gasteiger partial charge in [0.2, 0.25) is 0 Å². The third kappa shape index (κ3) is 4.35. The normalized spacial score (nSPS) is 13.6. The summed E-state index contributed by atoms with van der Waals surface area (Å²) in [7, 11) is 0. The second-order valence-corrected chi connectivity index (χ2v) is 6.57. The van der Waals surface area contributed by atoms with Crippen molar-refractivity contribution in [3.8, 4) is 0 Å². The Morgan fingerprint density at radius 2 is 2.18 bits per heavy atom. The van der Waals surface area contributed by atoms with Gasteiger partial charge in [-0.25, -0.2) is 4.79 Å². The summed E-state index contributed by atoms with van der Waals surface area (Å²) < 4.78 is 5.43. The van der Waals surface area contributed by atoms with E-state index in [2.05, 4.69) is 10.6 Å². The molecule has 0 saturated heterocycles. The zero-order chi connectivity index (χ0) is 16.2. The van der Waals surface area contributed by atoms with Crippen molar-refractivity contribution in [2.75, 3.05) is 13.1 Å². The number of hydrogen-bond donors (Lipinski definition) is 3. The van der Waals surface area contributed by atoms with Gasteiger partial charge in [0.15, 0.2) is 0 Å². The van der Waals surface area contributed by atoms with Crippen molar-refractivity contribution < 1.29 is 14.3 Å². The fraction of sp³-hybridized carbons (Fsp3) is 0.438. The molecule has 0 radical (unpaired) electrons. The highest BCUT2D eigenvalue weighted by Crippen LogP contribution is 2.26. The largest absolute Gasteiger partial charge is 0.466 e. The molecule has 0 aliphatic rings. The number of thiophene rings is 1. The molecule has 120 valence electrons. The maximum absolute atomic E-state index is 11.8. The number of furan rings is 1. The topological polar surface area (TPSA) is 74.5 Å². The first kappa shape index (κ1) is 16.6. The summed E-state index contributed by atoms with van der Waals surface area (Å²) in [5, 5.41) is 18.0. The van der Waals surface area contributed by atoms with Crippen molar-refractivity contribution in [2.24, 2.45) is 0 Å². The highest BCUT2D eigenvalue weighted by atomic mass is 32.1. The molecule has 0 spiro atoms. The van der Waals surface area contributed by atoms with Crippen molar-refractivity contribution in [2.45, 2.75) is 32.8 Å². The Kier molecular flexibility index (Phi) is 5.26. The van der Waals surface area contributed by atoms with Crippen molar-refractivity contribution in [1.82, 2.24) is 10.6 Å². The van der Waals surface area contributed by atoms with E-state index < -0.39 is 5.60 Å². The van der Waals surface area contributed by atoms with E-state index in [-0.39, 0.29) is 12.6 Å². The molecule has 22 heavy (non-hydrogen) atoms. The lowest BCUT2D eigenvalue weighted by atomic mass is 9.96. The van der Waals surface area contributed by atoms with Crippen LogP contribution in [0.4, 0.5) is 4.79 Å². The minimum absolute atomic E-state index is 0.123. The summed E-state index contributed by atoms with van der Waals surface area (Å²) in [5.41, 5.74) is -0.462. The van der Waals surface area contributed by atoms with Crippen LogP contribution in [0.25, 0.3) is 0 Å². The van der Waals surface area contributed by atoms with Gasteiger partial charge in [0, 0.05) is 17.0 Å². The molecular weight excluding hydrogens is 300 g/mol. The summed E-state index contributed by atoms with van der Waals surface area (Å²) in [6, 6.07) is 5.55. The fourth-order valence-electron chi connectivity index (χ4n) is 2.33. The second kappa shape index (κ2) is 6.98. The minimum atomic E-state index is -1.16. The van der Waals surface area contributed by atoms with Gasteiger partial charge in [-0.3, -0.25) is 0 Å².